The van der Waals surface area contributed by atoms with Gasteiger partial charge >= 0.3 is 0 Å². The summed E-state index contributed by atoms with van der Waals surface area (Å²) >= 11 is 0. The standard InChI is InChI=1S/C14H19FN2O2/c15-13-3-1-2-12(10-13)11-16-5-4-14(18)17-6-8-19-9-7-17/h1-3,10,16H,4-9,11H2. The highest BCUT2D eigenvalue weighted by molar-refractivity contribution is 5.76. The van der Waals surface area contributed by atoms with Gasteiger partial charge in [0.25, 0.3) is 0 Å². The van der Waals surface area contributed by atoms with Crippen molar-refractivity contribution in [2.75, 3.05) is 32.8 Å². The topological polar surface area (TPSA) is 41.6 Å². The summed E-state index contributed by atoms with van der Waals surface area (Å²) in [7, 11) is 0. The highest BCUT2D eigenvalue weighted by Crippen LogP contribution is 2.03. The van der Waals surface area contributed by atoms with Gasteiger partial charge in [0.1, 0.15) is 5.82 Å². The van der Waals surface area contributed by atoms with Gasteiger partial charge in [0.2, 0.25) is 5.91 Å². The third kappa shape index (κ3) is 4.61. The second-order valence-electron chi connectivity index (χ2n) is 4.55. The van der Waals surface area contributed by atoms with Crippen LogP contribution in [0.2, 0.25) is 0 Å². The maximum Gasteiger partial charge on any atom is 0.224 e. The summed E-state index contributed by atoms with van der Waals surface area (Å²) in [6.45, 7) is 3.80. The SMILES string of the molecule is O=C(CCNCc1cccc(F)c1)N1CCOCC1. The smallest absolute Gasteiger partial charge is 0.224 e. The van der Waals surface area contributed by atoms with E-state index in [2.05, 4.69) is 5.32 Å². The van der Waals surface area contributed by atoms with Gasteiger partial charge in [-0.05, 0) is 17.7 Å². The Labute approximate surface area is 112 Å². The van der Waals surface area contributed by atoms with Crippen molar-refractivity contribution in [3.8, 4) is 0 Å². The lowest BCUT2D eigenvalue weighted by Gasteiger charge is -2.26. The Morgan fingerprint density at radius 2 is 2.16 bits per heavy atom. The van der Waals surface area contributed by atoms with Crippen molar-refractivity contribution in [2.24, 2.45) is 0 Å². The quantitative estimate of drug-likeness (QED) is 0.813. The first-order valence-corrected chi connectivity index (χ1v) is 6.56. The number of carbonyl (C=O) groups excluding carboxylic acids is 1. The molecule has 1 aromatic rings. The maximum absolute atomic E-state index is 12.9. The van der Waals surface area contributed by atoms with Gasteiger partial charge in [-0.2, -0.15) is 0 Å². The van der Waals surface area contributed by atoms with Gasteiger partial charge < -0.3 is 15.0 Å². The average molecular weight is 266 g/mol. The summed E-state index contributed by atoms with van der Waals surface area (Å²) in [6.07, 6.45) is 0.468. The highest BCUT2D eigenvalue weighted by Gasteiger charge is 2.15. The van der Waals surface area contributed by atoms with Crippen LogP contribution in [0.5, 0.6) is 0 Å². The Kier molecular flexibility index (Phi) is 5.30. The van der Waals surface area contributed by atoms with E-state index < -0.39 is 0 Å². The zero-order valence-electron chi connectivity index (χ0n) is 10.9. The molecule has 2 rings (SSSR count). The minimum absolute atomic E-state index is 0.148. The third-order valence-corrected chi connectivity index (χ3v) is 3.10. The van der Waals surface area contributed by atoms with Crippen LogP contribution in [0, 0.1) is 5.82 Å². The first-order chi connectivity index (χ1) is 9.25. The number of morpholine rings is 1. The number of nitrogens with one attached hydrogen (secondary N) is 1. The van der Waals surface area contributed by atoms with Gasteiger partial charge in [-0.15, -0.1) is 0 Å². The van der Waals surface area contributed by atoms with Crippen LogP contribution in [0.1, 0.15) is 12.0 Å². The van der Waals surface area contributed by atoms with E-state index in [1.54, 1.807) is 6.07 Å². The maximum atomic E-state index is 12.9. The number of benzene rings is 1. The lowest BCUT2D eigenvalue weighted by molar-refractivity contribution is -0.135. The van der Waals surface area contributed by atoms with Gasteiger partial charge in [-0.25, -0.2) is 4.39 Å². The normalized spacial score (nSPS) is 15.5. The van der Waals surface area contributed by atoms with Crippen LogP contribution >= 0.6 is 0 Å². The summed E-state index contributed by atoms with van der Waals surface area (Å²) in [6, 6.07) is 6.47. The number of rotatable bonds is 5. The van der Waals surface area contributed by atoms with Crippen molar-refractivity contribution in [2.45, 2.75) is 13.0 Å². The molecule has 19 heavy (non-hydrogen) atoms. The first-order valence-electron chi connectivity index (χ1n) is 6.56. The van der Waals surface area contributed by atoms with Crippen LogP contribution in [-0.4, -0.2) is 43.7 Å². The number of amides is 1. The molecule has 1 aliphatic rings. The molecule has 0 atom stereocenters. The predicted molar refractivity (Wildman–Crippen MR) is 70.1 cm³/mol. The number of hydrogen-bond acceptors (Lipinski definition) is 3. The molecule has 1 fully saturated rings. The number of carbonyl (C=O) groups is 1. The van der Waals surface area contributed by atoms with Crippen molar-refractivity contribution in [1.82, 2.24) is 10.2 Å². The minimum Gasteiger partial charge on any atom is -0.378 e. The molecule has 0 aromatic heterocycles. The van der Waals surface area contributed by atoms with Gasteiger partial charge in [0, 0.05) is 32.6 Å². The van der Waals surface area contributed by atoms with Gasteiger partial charge in [-0.1, -0.05) is 12.1 Å². The number of halogens is 1. The van der Waals surface area contributed by atoms with E-state index >= 15 is 0 Å². The molecule has 1 amide bonds. The first kappa shape index (κ1) is 14.0. The molecule has 0 saturated carbocycles. The number of ether oxygens (including phenoxy) is 1. The molecule has 0 radical (unpaired) electrons. The largest absolute Gasteiger partial charge is 0.378 e. The third-order valence-electron chi connectivity index (χ3n) is 3.10. The van der Waals surface area contributed by atoms with Gasteiger partial charge in [0.15, 0.2) is 0 Å². The zero-order valence-corrected chi connectivity index (χ0v) is 10.9. The molecule has 5 heteroatoms. The monoisotopic (exact) mass is 266 g/mol. The highest BCUT2D eigenvalue weighted by atomic mass is 19.1. The van der Waals surface area contributed by atoms with Crippen LogP contribution in [0.3, 0.4) is 0 Å². The Morgan fingerprint density at radius 1 is 1.37 bits per heavy atom. The second kappa shape index (κ2) is 7.21. The van der Waals surface area contributed by atoms with Crippen molar-refractivity contribution in [3.63, 3.8) is 0 Å². The Hall–Kier alpha value is -1.46. The summed E-state index contributed by atoms with van der Waals surface area (Å²) in [4.78, 5) is 13.7. The fourth-order valence-corrected chi connectivity index (χ4v) is 2.05. The molecule has 1 N–H and O–H groups in total. The predicted octanol–water partition coefficient (Wildman–Crippen LogP) is 1.16. The zero-order chi connectivity index (χ0) is 13.5. The molecule has 1 aromatic carbocycles. The number of hydrogen-bond donors (Lipinski definition) is 1. The van der Waals surface area contributed by atoms with E-state index in [4.69, 9.17) is 4.74 Å². The molecule has 4 nitrogen and oxygen atoms in total. The fraction of sp³-hybridized carbons (Fsp3) is 0.500. The van der Waals surface area contributed by atoms with E-state index in [1.165, 1.54) is 12.1 Å². The summed E-state index contributed by atoms with van der Waals surface area (Å²) in [5.74, 6) is -0.0845. The lowest BCUT2D eigenvalue weighted by Crippen LogP contribution is -2.41. The van der Waals surface area contributed by atoms with Crippen LogP contribution in [0.15, 0.2) is 24.3 Å². The molecule has 1 saturated heterocycles. The molecule has 0 unspecified atom stereocenters. The molecule has 0 spiro atoms. The molecule has 0 bridgehead atoms. The molecule has 1 heterocycles. The van der Waals surface area contributed by atoms with Crippen molar-refractivity contribution < 1.29 is 13.9 Å². The van der Waals surface area contributed by atoms with E-state index in [0.717, 1.165) is 5.56 Å². The molecule has 104 valence electrons. The van der Waals surface area contributed by atoms with Crippen molar-refractivity contribution >= 4 is 5.91 Å². The molecular weight excluding hydrogens is 247 g/mol. The van der Waals surface area contributed by atoms with E-state index in [0.29, 0.717) is 45.8 Å². The van der Waals surface area contributed by atoms with E-state index in [9.17, 15) is 9.18 Å². The Morgan fingerprint density at radius 3 is 2.89 bits per heavy atom. The van der Waals surface area contributed by atoms with Crippen LogP contribution < -0.4 is 5.32 Å². The second-order valence-corrected chi connectivity index (χ2v) is 4.55. The molecule has 0 aliphatic carbocycles. The lowest BCUT2D eigenvalue weighted by atomic mass is 10.2. The summed E-state index contributed by atoms with van der Waals surface area (Å²) in [5.41, 5.74) is 0.888. The summed E-state index contributed by atoms with van der Waals surface area (Å²) < 4.78 is 18.1. The van der Waals surface area contributed by atoms with E-state index in [1.807, 2.05) is 11.0 Å². The minimum atomic E-state index is -0.233. The molecule has 1 aliphatic heterocycles. The van der Waals surface area contributed by atoms with Crippen LogP contribution in [0.25, 0.3) is 0 Å². The van der Waals surface area contributed by atoms with Crippen LogP contribution in [0.4, 0.5) is 4.39 Å². The average Bonchev–Trinajstić information content (AvgIpc) is 2.44. The fourth-order valence-electron chi connectivity index (χ4n) is 2.05. The summed E-state index contributed by atoms with van der Waals surface area (Å²) in [5, 5.41) is 3.15. The van der Waals surface area contributed by atoms with E-state index in [-0.39, 0.29) is 11.7 Å². The molecular formula is C14H19FN2O2. The van der Waals surface area contributed by atoms with Gasteiger partial charge in [-0.3, -0.25) is 4.79 Å². The Bertz CT molecular complexity index is 420. The van der Waals surface area contributed by atoms with Gasteiger partial charge in [0.05, 0.1) is 13.2 Å². The Balaban J connectivity index is 1.65. The van der Waals surface area contributed by atoms with Crippen LogP contribution in [-0.2, 0) is 16.1 Å². The van der Waals surface area contributed by atoms with Crippen molar-refractivity contribution in [1.29, 1.82) is 0 Å². The van der Waals surface area contributed by atoms with Crippen molar-refractivity contribution in [3.05, 3.63) is 35.6 Å². The number of nitrogens with zero attached hydrogens (tertiary/aromatic N) is 1.